The van der Waals surface area contributed by atoms with Crippen LogP contribution in [0.25, 0.3) is 71.1 Å². The second kappa shape index (κ2) is 6.87. The van der Waals surface area contributed by atoms with E-state index in [9.17, 15) is 0 Å². The number of para-hydroxylation sites is 2. The summed E-state index contributed by atoms with van der Waals surface area (Å²) in [5, 5.41) is 7.40. The summed E-state index contributed by atoms with van der Waals surface area (Å²) in [6.07, 6.45) is 7.55. The zero-order chi connectivity index (χ0) is 22.9. The molecule has 3 heteroatoms. The molecule has 0 radical (unpaired) electrons. The van der Waals surface area contributed by atoms with Crippen molar-refractivity contribution in [3.8, 4) is 22.3 Å². The van der Waals surface area contributed by atoms with Gasteiger partial charge < -0.3 is 4.40 Å². The van der Waals surface area contributed by atoms with Gasteiger partial charge in [-0.3, -0.25) is 9.97 Å². The molecular formula is C32H19N3. The first-order valence-electron chi connectivity index (χ1n) is 11.8. The highest BCUT2D eigenvalue weighted by molar-refractivity contribution is 6.24. The standard InChI is InChI=1S/C32H19N3/c1-3-10-30-25(8-1)27-15-22(16-28-26-9-2-4-11-31(26)35(30)32(27)28)20-6-5-7-21(14-20)29-19-34-18-23-17-33-13-12-24(23)29/h1-19H. The number of hydrogen-bond acceptors (Lipinski definition) is 2. The number of nitrogens with zero attached hydrogens (tertiary/aromatic N) is 3. The van der Waals surface area contributed by atoms with Crippen molar-refractivity contribution in [3.63, 3.8) is 0 Å². The molecule has 0 aliphatic rings. The zero-order valence-electron chi connectivity index (χ0n) is 18.8. The molecule has 0 fully saturated rings. The molecule has 0 spiro atoms. The minimum absolute atomic E-state index is 1.05. The van der Waals surface area contributed by atoms with Crippen LogP contribution >= 0.6 is 0 Å². The highest BCUT2D eigenvalue weighted by Gasteiger charge is 2.18. The molecule has 3 nitrogen and oxygen atoms in total. The van der Waals surface area contributed by atoms with Crippen molar-refractivity contribution in [3.05, 3.63) is 116 Å². The van der Waals surface area contributed by atoms with E-state index in [0.29, 0.717) is 0 Å². The van der Waals surface area contributed by atoms with Gasteiger partial charge in [0.1, 0.15) is 0 Å². The summed E-state index contributed by atoms with van der Waals surface area (Å²) in [6.45, 7) is 0. The van der Waals surface area contributed by atoms with Crippen LogP contribution in [0, 0.1) is 0 Å². The SMILES string of the molecule is c1cc(-c2cc3c4ccccc4n4c5ccccc5c(c2)c34)cc(-c2cncc3cnccc23)c1. The third-order valence-electron chi connectivity index (χ3n) is 7.27. The third-order valence-corrected chi connectivity index (χ3v) is 7.27. The Labute approximate surface area is 201 Å². The molecule has 0 amide bonds. The molecule has 35 heavy (non-hydrogen) atoms. The Morgan fingerprint density at radius 1 is 0.486 bits per heavy atom. The Bertz CT molecular complexity index is 1980. The molecule has 0 aliphatic carbocycles. The summed E-state index contributed by atoms with van der Waals surface area (Å²) in [5.74, 6) is 0. The molecule has 4 heterocycles. The molecule has 4 aromatic heterocycles. The Morgan fingerprint density at radius 2 is 1.17 bits per heavy atom. The number of pyridine rings is 2. The molecule has 4 aromatic carbocycles. The molecule has 0 unspecified atom stereocenters. The first-order valence-corrected chi connectivity index (χ1v) is 11.8. The molecule has 162 valence electrons. The minimum atomic E-state index is 1.05. The van der Waals surface area contributed by atoms with Gasteiger partial charge in [-0.2, -0.15) is 0 Å². The van der Waals surface area contributed by atoms with E-state index >= 15 is 0 Å². The topological polar surface area (TPSA) is 30.2 Å². The fourth-order valence-electron chi connectivity index (χ4n) is 5.73. The first kappa shape index (κ1) is 18.6. The van der Waals surface area contributed by atoms with E-state index in [-0.39, 0.29) is 0 Å². The average Bonchev–Trinajstić information content (AvgIpc) is 3.44. The smallest absolute Gasteiger partial charge is 0.0620 e. The molecule has 0 bridgehead atoms. The number of hydrogen-bond donors (Lipinski definition) is 0. The number of benzene rings is 4. The van der Waals surface area contributed by atoms with Crippen molar-refractivity contribution in [2.45, 2.75) is 0 Å². The molecule has 0 atom stereocenters. The lowest BCUT2D eigenvalue weighted by molar-refractivity contribution is 1.32. The second-order valence-corrected chi connectivity index (χ2v) is 9.15. The van der Waals surface area contributed by atoms with E-state index in [1.807, 2.05) is 24.8 Å². The van der Waals surface area contributed by atoms with E-state index in [0.717, 1.165) is 16.5 Å². The largest absolute Gasteiger partial charge is 0.308 e. The lowest BCUT2D eigenvalue weighted by atomic mass is 9.95. The maximum Gasteiger partial charge on any atom is 0.0620 e. The summed E-state index contributed by atoms with van der Waals surface area (Å²) < 4.78 is 2.42. The predicted molar refractivity (Wildman–Crippen MR) is 145 cm³/mol. The van der Waals surface area contributed by atoms with Crippen molar-refractivity contribution in [2.75, 3.05) is 0 Å². The Kier molecular flexibility index (Phi) is 3.66. The monoisotopic (exact) mass is 445 g/mol. The van der Waals surface area contributed by atoms with Gasteiger partial charge in [-0.05, 0) is 58.5 Å². The second-order valence-electron chi connectivity index (χ2n) is 9.15. The molecule has 0 saturated carbocycles. The van der Waals surface area contributed by atoms with Gasteiger partial charge in [-0.15, -0.1) is 0 Å². The van der Waals surface area contributed by atoms with Gasteiger partial charge in [-0.1, -0.05) is 54.6 Å². The summed E-state index contributed by atoms with van der Waals surface area (Å²) in [7, 11) is 0. The quantitative estimate of drug-likeness (QED) is 0.269. The molecule has 0 aliphatic heterocycles. The van der Waals surface area contributed by atoms with Crippen molar-refractivity contribution in [2.24, 2.45) is 0 Å². The zero-order valence-corrected chi connectivity index (χ0v) is 18.8. The van der Waals surface area contributed by atoms with Crippen LogP contribution in [0.15, 0.2) is 116 Å². The molecule has 0 N–H and O–H groups in total. The lowest BCUT2D eigenvalue weighted by Gasteiger charge is -2.09. The maximum atomic E-state index is 4.48. The Hall–Kier alpha value is -4.76. The van der Waals surface area contributed by atoms with Gasteiger partial charge in [-0.25, -0.2) is 0 Å². The van der Waals surface area contributed by atoms with E-state index in [2.05, 4.69) is 105 Å². The van der Waals surface area contributed by atoms with Gasteiger partial charge in [0.25, 0.3) is 0 Å². The number of fused-ring (bicyclic) bond motifs is 7. The van der Waals surface area contributed by atoms with Crippen LogP contribution in [-0.2, 0) is 0 Å². The van der Waals surface area contributed by atoms with Crippen LogP contribution in [0.3, 0.4) is 0 Å². The van der Waals surface area contributed by atoms with Crippen molar-refractivity contribution in [1.82, 2.24) is 14.4 Å². The number of aromatic nitrogens is 3. The predicted octanol–water partition coefficient (Wildman–Crippen LogP) is 8.11. The van der Waals surface area contributed by atoms with Gasteiger partial charge in [0.05, 0.1) is 16.6 Å². The molecule has 8 rings (SSSR count). The van der Waals surface area contributed by atoms with E-state index in [1.165, 1.54) is 54.6 Å². The third kappa shape index (κ3) is 2.55. The highest BCUT2D eigenvalue weighted by atomic mass is 14.9. The Balaban J connectivity index is 1.43. The van der Waals surface area contributed by atoms with Crippen molar-refractivity contribution < 1.29 is 0 Å². The number of rotatable bonds is 2. The van der Waals surface area contributed by atoms with Crippen LogP contribution in [0.5, 0.6) is 0 Å². The summed E-state index contributed by atoms with van der Waals surface area (Å²) in [6, 6.07) is 33.0. The van der Waals surface area contributed by atoms with Crippen LogP contribution in [0.2, 0.25) is 0 Å². The van der Waals surface area contributed by atoms with Crippen molar-refractivity contribution >= 4 is 48.9 Å². The van der Waals surface area contributed by atoms with Crippen LogP contribution < -0.4 is 0 Å². The Morgan fingerprint density at radius 3 is 1.94 bits per heavy atom. The van der Waals surface area contributed by atoms with E-state index in [1.54, 1.807) is 0 Å². The van der Waals surface area contributed by atoms with Gasteiger partial charge in [0, 0.05) is 57.3 Å². The normalized spacial score (nSPS) is 12.0. The van der Waals surface area contributed by atoms with Gasteiger partial charge in [0.2, 0.25) is 0 Å². The molecular weight excluding hydrogens is 426 g/mol. The summed E-state index contributed by atoms with van der Waals surface area (Å²) >= 11 is 0. The minimum Gasteiger partial charge on any atom is -0.308 e. The van der Waals surface area contributed by atoms with Crippen LogP contribution in [-0.4, -0.2) is 14.4 Å². The van der Waals surface area contributed by atoms with Gasteiger partial charge >= 0.3 is 0 Å². The average molecular weight is 446 g/mol. The summed E-state index contributed by atoms with van der Waals surface area (Å²) in [5.41, 5.74) is 8.53. The van der Waals surface area contributed by atoms with Crippen molar-refractivity contribution in [1.29, 1.82) is 0 Å². The fraction of sp³-hybridized carbons (Fsp3) is 0. The van der Waals surface area contributed by atoms with E-state index in [4.69, 9.17) is 0 Å². The lowest BCUT2D eigenvalue weighted by Crippen LogP contribution is -1.86. The molecule has 0 saturated heterocycles. The summed E-state index contributed by atoms with van der Waals surface area (Å²) in [4.78, 5) is 8.74. The van der Waals surface area contributed by atoms with Crippen LogP contribution in [0.1, 0.15) is 0 Å². The molecule has 8 aromatic rings. The maximum absolute atomic E-state index is 4.48. The fourth-order valence-corrected chi connectivity index (χ4v) is 5.73. The van der Waals surface area contributed by atoms with Gasteiger partial charge in [0.15, 0.2) is 0 Å². The first-order chi connectivity index (χ1) is 17.4. The van der Waals surface area contributed by atoms with Crippen LogP contribution in [0.4, 0.5) is 0 Å². The highest BCUT2D eigenvalue weighted by Crippen LogP contribution is 2.42. The van der Waals surface area contributed by atoms with E-state index < -0.39 is 0 Å².